The molecule has 0 spiro atoms. The van der Waals surface area contributed by atoms with Gasteiger partial charge >= 0.3 is 7.82 Å². The average Bonchev–Trinajstić information content (AvgIpc) is 3.08. The first kappa shape index (κ1) is 49.9. The molecule has 0 heterocycles. The maximum Gasteiger partial charge on any atom is 0.472 e. The minimum Gasteiger partial charge on any atom is -0.391 e. The molecule has 0 aliphatic heterocycles. The van der Waals surface area contributed by atoms with Gasteiger partial charge in [0.15, 0.2) is 0 Å². The molecular weight excluding hydrogens is 649 g/mol. The summed E-state index contributed by atoms with van der Waals surface area (Å²) < 4.78 is 35.7. The van der Waals surface area contributed by atoms with Crippen LogP contribution in [0.2, 0.25) is 0 Å². The molecule has 8 nitrogen and oxygen atoms in total. The van der Waals surface area contributed by atoms with Gasteiger partial charge in [0, 0.05) is 13.2 Å². The zero-order chi connectivity index (χ0) is 36.9. The Morgan fingerprint density at radius 1 is 0.500 bits per heavy atom. The van der Waals surface area contributed by atoms with Gasteiger partial charge in [-0.25, -0.2) is 4.57 Å². The van der Waals surface area contributed by atoms with E-state index in [-0.39, 0.29) is 19.8 Å². The summed E-state index contributed by atoms with van der Waals surface area (Å²) in [7, 11) is -0.323. The molecule has 0 aromatic heterocycles. The number of nitrogens with zero attached hydrogens (tertiary/aromatic N) is 1. The Hall–Kier alpha value is -0.0500. The summed E-state index contributed by atoms with van der Waals surface area (Å²) in [5.41, 5.74) is 0. The summed E-state index contributed by atoms with van der Waals surface area (Å²) >= 11 is 0. The topological polar surface area (TPSA) is 94.5 Å². The molecule has 0 bridgehead atoms. The smallest absolute Gasteiger partial charge is 0.391 e. The van der Waals surface area contributed by atoms with E-state index >= 15 is 0 Å². The van der Waals surface area contributed by atoms with E-state index in [4.69, 9.17) is 18.5 Å². The predicted octanol–water partition coefficient (Wildman–Crippen LogP) is 11.6. The monoisotopic (exact) mass is 737 g/mol. The fourth-order valence-corrected chi connectivity index (χ4v) is 7.05. The highest BCUT2D eigenvalue weighted by atomic mass is 31.2. The zero-order valence-electron chi connectivity index (χ0n) is 33.9. The molecule has 0 amide bonds. The lowest BCUT2D eigenvalue weighted by atomic mass is 10.0. The lowest BCUT2D eigenvalue weighted by molar-refractivity contribution is -0.890. The largest absolute Gasteiger partial charge is 0.472 e. The van der Waals surface area contributed by atoms with Gasteiger partial charge in [0.1, 0.15) is 25.8 Å². The van der Waals surface area contributed by atoms with E-state index in [1.165, 1.54) is 161 Å². The van der Waals surface area contributed by atoms with Crippen LogP contribution >= 0.6 is 7.82 Å². The van der Waals surface area contributed by atoms with Gasteiger partial charge in [-0.05, 0) is 12.8 Å². The minimum absolute atomic E-state index is 0.0417. The van der Waals surface area contributed by atoms with E-state index in [0.717, 1.165) is 19.3 Å². The summed E-state index contributed by atoms with van der Waals surface area (Å²) in [4.78, 5) is 10.3. The first-order valence-corrected chi connectivity index (χ1v) is 23.0. The highest BCUT2D eigenvalue weighted by Gasteiger charge is 2.25. The SMILES string of the molecule is CCCCCCCCCCCCCCCCOC[C@@H](COP(=O)(O)OCC[N+](C)(C)CCO)OCCCCCCCCCCCCCCCC. The van der Waals surface area contributed by atoms with Crippen molar-refractivity contribution in [3.8, 4) is 0 Å². The lowest BCUT2D eigenvalue weighted by Crippen LogP contribution is -2.44. The number of hydrogen-bond donors (Lipinski definition) is 2. The van der Waals surface area contributed by atoms with Crippen LogP contribution in [0.25, 0.3) is 0 Å². The van der Waals surface area contributed by atoms with Crippen molar-refractivity contribution in [2.75, 3.05) is 66.8 Å². The number of hydrogen-bond acceptors (Lipinski definition) is 6. The standard InChI is InChI=1S/C41H86NO7P/c1-5-7-9-11-13-15-17-19-21-23-25-27-29-31-36-46-39-41(40-49-50(44,45)48-38-34-42(3,4)33-35-43)47-37-32-30-28-26-24-22-20-18-16-14-12-10-8-6-2/h41,43H,5-40H2,1-4H3/p+1/t41-/m0/s1. The van der Waals surface area contributed by atoms with E-state index in [1.807, 2.05) is 14.1 Å². The normalized spacial score (nSPS) is 14.0. The Kier molecular flexibility index (Phi) is 37.2. The molecule has 0 aliphatic rings. The van der Waals surface area contributed by atoms with Crippen molar-refractivity contribution < 1.29 is 37.6 Å². The van der Waals surface area contributed by atoms with Crippen LogP contribution in [0.5, 0.6) is 0 Å². The summed E-state index contributed by atoms with van der Waals surface area (Å²) in [6.45, 7) is 7.28. The number of phosphoric acid groups is 1. The quantitative estimate of drug-likeness (QED) is 0.0366. The van der Waals surface area contributed by atoms with Crippen LogP contribution in [0.1, 0.15) is 194 Å². The molecule has 0 fully saturated rings. The third-order valence-corrected chi connectivity index (χ3v) is 10.9. The fraction of sp³-hybridized carbons (Fsp3) is 1.00. The number of aliphatic hydroxyl groups excluding tert-OH is 1. The van der Waals surface area contributed by atoms with Crippen molar-refractivity contribution in [2.45, 2.75) is 200 Å². The average molecular weight is 737 g/mol. The van der Waals surface area contributed by atoms with E-state index in [9.17, 15) is 14.6 Å². The molecule has 50 heavy (non-hydrogen) atoms. The van der Waals surface area contributed by atoms with Gasteiger partial charge in [0.2, 0.25) is 0 Å². The highest BCUT2D eigenvalue weighted by molar-refractivity contribution is 7.47. The number of unbranched alkanes of at least 4 members (excludes halogenated alkanes) is 26. The van der Waals surface area contributed by atoms with Gasteiger partial charge in [-0.15, -0.1) is 0 Å². The molecule has 2 atom stereocenters. The van der Waals surface area contributed by atoms with Crippen molar-refractivity contribution in [2.24, 2.45) is 0 Å². The second-order valence-electron chi connectivity index (χ2n) is 15.5. The number of quaternary nitrogens is 1. The number of rotatable bonds is 42. The Morgan fingerprint density at radius 2 is 0.880 bits per heavy atom. The first-order valence-electron chi connectivity index (χ1n) is 21.5. The molecule has 2 N–H and O–H groups in total. The van der Waals surface area contributed by atoms with E-state index in [0.29, 0.717) is 37.4 Å². The zero-order valence-corrected chi connectivity index (χ0v) is 34.8. The summed E-state index contributed by atoms with van der Waals surface area (Å²) in [5, 5.41) is 9.21. The highest BCUT2D eigenvalue weighted by Crippen LogP contribution is 2.43. The molecular formula is C41H87NO7P+. The second-order valence-corrected chi connectivity index (χ2v) is 16.9. The maximum atomic E-state index is 12.6. The van der Waals surface area contributed by atoms with Gasteiger partial charge in [-0.2, -0.15) is 0 Å². The van der Waals surface area contributed by atoms with Crippen LogP contribution in [-0.4, -0.2) is 87.4 Å². The van der Waals surface area contributed by atoms with E-state index in [2.05, 4.69) is 13.8 Å². The van der Waals surface area contributed by atoms with Crippen molar-refractivity contribution in [1.82, 2.24) is 0 Å². The van der Waals surface area contributed by atoms with Crippen LogP contribution in [0.15, 0.2) is 0 Å². The van der Waals surface area contributed by atoms with E-state index in [1.54, 1.807) is 0 Å². The Bertz CT molecular complexity index is 727. The van der Waals surface area contributed by atoms with Gasteiger partial charge < -0.3 is 24.0 Å². The first-order chi connectivity index (χ1) is 24.3. The molecule has 9 heteroatoms. The summed E-state index contributed by atoms with van der Waals surface area (Å²) in [6, 6.07) is 0. The van der Waals surface area contributed by atoms with Crippen LogP contribution in [0.3, 0.4) is 0 Å². The Morgan fingerprint density at radius 3 is 1.28 bits per heavy atom. The van der Waals surface area contributed by atoms with Gasteiger partial charge in [0.25, 0.3) is 0 Å². The van der Waals surface area contributed by atoms with Crippen molar-refractivity contribution >= 4 is 7.82 Å². The molecule has 0 aromatic carbocycles. The van der Waals surface area contributed by atoms with Crippen LogP contribution in [0, 0.1) is 0 Å². The molecule has 302 valence electrons. The van der Waals surface area contributed by atoms with Crippen LogP contribution in [-0.2, 0) is 23.1 Å². The third kappa shape index (κ3) is 37.7. The van der Waals surface area contributed by atoms with Crippen molar-refractivity contribution in [3.05, 3.63) is 0 Å². The van der Waals surface area contributed by atoms with Crippen LogP contribution < -0.4 is 0 Å². The van der Waals surface area contributed by atoms with Crippen molar-refractivity contribution in [1.29, 1.82) is 0 Å². The molecule has 0 rings (SSSR count). The number of phosphoric ester groups is 1. The summed E-state index contributed by atoms with van der Waals surface area (Å²) in [5.74, 6) is 0. The van der Waals surface area contributed by atoms with E-state index < -0.39 is 13.9 Å². The molecule has 0 radical (unpaired) electrons. The molecule has 0 aromatic rings. The van der Waals surface area contributed by atoms with Gasteiger partial charge in [0.05, 0.1) is 33.9 Å². The third-order valence-electron chi connectivity index (χ3n) is 9.88. The Balaban J connectivity index is 4.19. The molecule has 0 saturated heterocycles. The fourth-order valence-electron chi connectivity index (χ4n) is 6.30. The predicted molar refractivity (Wildman–Crippen MR) is 212 cm³/mol. The number of likely N-dealkylation sites (N-methyl/N-ethyl adjacent to an activating group) is 1. The molecule has 0 saturated carbocycles. The second kappa shape index (κ2) is 37.3. The molecule has 1 unspecified atom stereocenters. The molecule has 0 aliphatic carbocycles. The van der Waals surface area contributed by atoms with Gasteiger partial charge in [-0.3, -0.25) is 9.05 Å². The maximum absolute atomic E-state index is 12.6. The lowest BCUT2D eigenvalue weighted by Gasteiger charge is -2.29. The van der Waals surface area contributed by atoms with Crippen molar-refractivity contribution in [3.63, 3.8) is 0 Å². The van der Waals surface area contributed by atoms with Gasteiger partial charge in [-0.1, -0.05) is 181 Å². The number of aliphatic hydroxyl groups is 1. The Labute approximate surface area is 311 Å². The number of ether oxygens (including phenoxy) is 2. The minimum atomic E-state index is -4.21. The van der Waals surface area contributed by atoms with Crippen LogP contribution in [0.4, 0.5) is 0 Å². The summed E-state index contributed by atoms with van der Waals surface area (Å²) in [6.07, 6.45) is 36.5.